The molecule has 0 unspecified atom stereocenters. The van der Waals surface area contributed by atoms with E-state index >= 15 is 0 Å². The van der Waals surface area contributed by atoms with Gasteiger partial charge in [-0.1, -0.05) is 23.7 Å². The van der Waals surface area contributed by atoms with Crippen molar-refractivity contribution in [2.75, 3.05) is 27.4 Å². The Hall–Kier alpha value is -1.62. The number of nitrogens with one attached hydrogen (secondary N) is 1. The van der Waals surface area contributed by atoms with Crippen molar-refractivity contribution in [2.45, 2.75) is 19.9 Å². The lowest BCUT2D eigenvalue weighted by molar-refractivity contribution is 0.310. The summed E-state index contributed by atoms with van der Waals surface area (Å²) < 4.78 is 16.1. The van der Waals surface area contributed by atoms with Crippen molar-refractivity contribution in [3.05, 3.63) is 52.5 Å². The molecule has 1 N–H and O–H groups in total. The molecule has 0 atom stereocenters. The van der Waals surface area contributed by atoms with E-state index in [0.717, 1.165) is 30.8 Å². The molecule has 0 aliphatic carbocycles. The predicted octanol–water partition coefficient (Wildman–Crippen LogP) is 4.51. The number of methoxy groups -OCH3 is 2. The number of ether oxygens (including phenoxy) is 3. The van der Waals surface area contributed by atoms with Crippen LogP contribution in [0.2, 0.25) is 5.02 Å². The minimum atomic E-state index is 0. The topological polar surface area (TPSA) is 39.7 Å². The van der Waals surface area contributed by atoms with Crippen LogP contribution in [0.25, 0.3) is 0 Å². The van der Waals surface area contributed by atoms with Gasteiger partial charge in [0.05, 0.1) is 25.8 Å². The van der Waals surface area contributed by atoms with Crippen LogP contribution in [0.15, 0.2) is 36.4 Å². The van der Waals surface area contributed by atoms with E-state index in [0.29, 0.717) is 23.1 Å². The lowest BCUT2D eigenvalue weighted by Gasteiger charge is -2.13. The smallest absolute Gasteiger partial charge is 0.179 e. The maximum absolute atomic E-state index is 6.26. The molecule has 0 aromatic heterocycles. The normalized spacial score (nSPS) is 10.1. The first-order valence-electron chi connectivity index (χ1n) is 8.00. The van der Waals surface area contributed by atoms with Crippen molar-refractivity contribution in [2.24, 2.45) is 0 Å². The second kappa shape index (κ2) is 11.1. The highest BCUT2D eigenvalue weighted by Crippen LogP contribution is 2.36. The molecule has 0 radical (unpaired) electrons. The van der Waals surface area contributed by atoms with E-state index in [1.807, 2.05) is 31.2 Å². The van der Waals surface area contributed by atoms with E-state index in [1.54, 1.807) is 14.2 Å². The van der Waals surface area contributed by atoms with Crippen LogP contribution in [0.5, 0.6) is 17.2 Å². The fourth-order valence-electron chi connectivity index (χ4n) is 2.44. The molecule has 2 rings (SSSR count). The molecule has 0 amide bonds. The molecule has 0 bridgehead atoms. The molecule has 6 heteroatoms. The molecule has 0 spiro atoms. The van der Waals surface area contributed by atoms with E-state index < -0.39 is 0 Å². The second-order valence-electron chi connectivity index (χ2n) is 5.32. The molecule has 0 aliphatic heterocycles. The second-order valence-corrected chi connectivity index (χ2v) is 5.72. The number of halogens is 2. The summed E-state index contributed by atoms with van der Waals surface area (Å²) in [7, 11) is 3.27. The van der Waals surface area contributed by atoms with Gasteiger partial charge in [0, 0.05) is 6.54 Å². The number of benzene rings is 2. The van der Waals surface area contributed by atoms with E-state index in [2.05, 4.69) is 17.4 Å². The molecule has 2 aromatic carbocycles. The van der Waals surface area contributed by atoms with Crippen molar-refractivity contribution in [3.63, 3.8) is 0 Å². The molecule has 0 heterocycles. The fraction of sp³-hybridized carbons (Fsp3) is 0.368. The maximum Gasteiger partial charge on any atom is 0.179 e. The Bertz CT molecular complexity index is 648. The zero-order valence-electron chi connectivity index (χ0n) is 14.8. The van der Waals surface area contributed by atoms with Gasteiger partial charge in [0.1, 0.15) is 5.75 Å². The molecular weight excluding hydrogens is 361 g/mol. The third-order valence-corrected chi connectivity index (χ3v) is 3.93. The van der Waals surface area contributed by atoms with Gasteiger partial charge in [-0.25, -0.2) is 0 Å². The van der Waals surface area contributed by atoms with E-state index in [-0.39, 0.29) is 12.4 Å². The first-order chi connectivity index (χ1) is 11.7. The first-order valence-corrected chi connectivity index (χ1v) is 8.38. The molecule has 0 saturated carbocycles. The van der Waals surface area contributed by atoms with Crippen molar-refractivity contribution in [1.82, 2.24) is 5.32 Å². The SMILES string of the molecule is CCOc1cc(CNCCc2ccc(OC)cc2)cc(Cl)c1OC.Cl. The summed E-state index contributed by atoms with van der Waals surface area (Å²) in [6, 6.07) is 12.0. The molecule has 138 valence electrons. The Labute approximate surface area is 160 Å². The monoisotopic (exact) mass is 385 g/mol. The molecule has 0 aliphatic rings. The molecule has 2 aromatic rings. The van der Waals surface area contributed by atoms with Gasteiger partial charge in [-0.15, -0.1) is 12.4 Å². The lowest BCUT2D eigenvalue weighted by Crippen LogP contribution is -2.16. The van der Waals surface area contributed by atoms with Gasteiger partial charge in [0.25, 0.3) is 0 Å². The highest BCUT2D eigenvalue weighted by Gasteiger charge is 2.11. The highest BCUT2D eigenvalue weighted by molar-refractivity contribution is 6.32. The Morgan fingerprint density at radius 1 is 1.00 bits per heavy atom. The molecule has 0 saturated heterocycles. The van der Waals surface area contributed by atoms with Gasteiger partial charge in [0.15, 0.2) is 11.5 Å². The Morgan fingerprint density at radius 2 is 1.72 bits per heavy atom. The van der Waals surface area contributed by atoms with Gasteiger partial charge in [-0.2, -0.15) is 0 Å². The largest absolute Gasteiger partial charge is 0.497 e. The molecular formula is C19H25Cl2NO3. The summed E-state index contributed by atoms with van der Waals surface area (Å²) in [5.74, 6) is 2.14. The van der Waals surface area contributed by atoms with E-state index in [9.17, 15) is 0 Å². The summed E-state index contributed by atoms with van der Waals surface area (Å²) in [6.07, 6.45) is 0.951. The predicted molar refractivity (Wildman–Crippen MR) is 105 cm³/mol. The highest BCUT2D eigenvalue weighted by atomic mass is 35.5. The van der Waals surface area contributed by atoms with Gasteiger partial charge in [-0.3, -0.25) is 0 Å². The molecule has 0 fully saturated rings. The zero-order chi connectivity index (χ0) is 17.4. The minimum absolute atomic E-state index is 0. The van der Waals surface area contributed by atoms with Gasteiger partial charge in [0.2, 0.25) is 0 Å². The van der Waals surface area contributed by atoms with Crippen molar-refractivity contribution in [1.29, 1.82) is 0 Å². The summed E-state index contributed by atoms with van der Waals surface area (Å²) in [4.78, 5) is 0. The number of rotatable bonds is 9. The fourth-order valence-corrected chi connectivity index (χ4v) is 2.75. The third kappa shape index (κ3) is 6.31. The van der Waals surface area contributed by atoms with Crippen molar-refractivity contribution in [3.8, 4) is 17.2 Å². The number of hydrogen-bond donors (Lipinski definition) is 1. The van der Waals surface area contributed by atoms with E-state index in [4.69, 9.17) is 25.8 Å². The summed E-state index contributed by atoms with van der Waals surface area (Å²) >= 11 is 6.26. The molecule has 25 heavy (non-hydrogen) atoms. The number of hydrogen-bond acceptors (Lipinski definition) is 4. The van der Waals surface area contributed by atoms with Crippen LogP contribution in [0.4, 0.5) is 0 Å². The van der Waals surface area contributed by atoms with Crippen LogP contribution >= 0.6 is 24.0 Å². The molecule has 4 nitrogen and oxygen atoms in total. The average molecular weight is 386 g/mol. The zero-order valence-corrected chi connectivity index (χ0v) is 16.4. The Morgan fingerprint density at radius 3 is 2.32 bits per heavy atom. The van der Waals surface area contributed by atoms with Crippen molar-refractivity contribution < 1.29 is 14.2 Å². The summed E-state index contributed by atoms with van der Waals surface area (Å²) in [5, 5.41) is 3.99. The van der Waals surface area contributed by atoms with Crippen LogP contribution in [-0.2, 0) is 13.0 Å². The van der Waals surface area contributed by atoms with Crippen LogP contribution in [0.3, 0.4) is 0 Å². The quantitative estimate of drug-likeness (QED) is 0.644. The average Bonchev–Trinajstić information content (AvgIpc) is 2.59. The minimum Gasteiger partial charge on any atom is -0.497 e. The lowest BCUT2D eigenvalue weighted by atomic mass is 10.1. The van der Waals surface area contributed by atoms with Gasteiger partial charge >= 0.3 is 0 Å². The maximum atomic E-state index is 6.26. The van der Waals surface area contributed by atoms with Gasteiger partial charge < -0.3 is 19.5 Å². The van der Waals surface area contributed by atoms with Gasteiger partial charge in [-0.05, 0) is 55.3 Å². The van der Waals surface area contributed by atoms with Crippen LogP contribution < -0.4 is 19.5 Å². The summed E-state index contributed by atoms with van der Waals surface area (Å²) in [5.41, 5.74) is 2.34. The van der Waals surface area contributed by atoms with Crippen LogP contribution in [0.1, 0.15) is 18.1 Å². The third-order valence-electron chi connectivity index (χ3n) is 3.65. The van der Waals surface area contributed by atoms with Crippen LogP contribution in [0, 0.1) is 0 Å². The summed E-state index contributed by atoms with van der Waals surface area (Å²) in [6.45, 7) is 4.11. The van der Waals surface area contributed by atoms with E-state index in [1.165, 1.54) is 5.56 Å². The standard InChI is InChI=1S/C19H24ClNO3.ClH/c1-4-24-18-12-15(11-17(20)19(18)23-3)13-21-10-9-14-5-7-16(22-2)8-6-14;/h5-8,11-12,21H,4,9-10,13H2,1-3H3;1H. The Kier molecular flexibility index (Phi) is 9.50. The Balaban J connectivity index is 0.00000312. The van der Waals surface area contributed by atoms with Crippen LogP contribution in [-0.4, -0.2) is 27.4 Å². The first kappa shape index (κ1) is 21.4. The van der Waals surface area contributed by atoms with Crippen molar-refractivity contribution >= 4 is 24.0 Å².